The maximum Gasteiger partial charge on any atom is 0.152 e. The Labute approximate surface area is 51.8 Å². The Morgan fingerprint density at radius 3 is 2.88 bits per heavy atom. The number of aromatic nitrogens is 1. The smallest absolute Gasteiger partial charge is 0.152 e. The molecule has 0 bridgehead atoms. The molecule has 0 fully saturated rings. The summed E-state index contributed by atoms with van der Waals surface area (Å²) in [6, 6.07) is 0. The molecular weight excluding hydrogens is 122 g/mol. The van der Waals surface area contributed by atoms with Crippen molar-refractivity contribution in [2.24, 2.45) is 0 Å². The van der Waals surface area contributed by atoms with Gasteiger partial charge in [0.2, 0.25) is 0 Å². The second-order valence-corrected chi connectivity index (χ2v) is 2.35. The highest BCUT2D eigenvalue weighted by Crippen LogP contribution is 2.09. The Hall–Kier alpha value is -0.410. The van der Waals surface area contributed by atoms with Crippen LogP contribution >= 0.6 is 11.3 Å². The van der Waals surface area contributed by atoms with Crippen LogP contribution in [0.15, 0.2) is 0 Å². The summed E-state index contributed by atoms with van der Waals surface area (Å²) in [5.41, 5.74) is 3.57. The Bertz CT molecular complexity index is 173. The van der Waals surface area contributed by atoms with Crippen LogP contribution in [0.4, 0.5) is 0 Å². The van der Waals surface area contributed by atoms with E-state index in [4.69, 9.17) is 5.11 Å². The summed E-state index contributed by atoms with van der Waals surface area (Å²) in [5, 5.41) is 8.56. The lowest BCUT2D eigenvalue weighted by Crippen LogP contribution is -1.79. The molecule has 0 amide bonds. The molecule has 0 aromatic carbocycles. The second kappa shape index (κ2) is 2.24. The standard InChI is InChI=1S/C5H6NOS/c1-4-5(2-7)8-3-6-4/h7H,2H2,1H3. The monoisotopic (exact) mass is 128 g/mol. The van der Waals surface area contributed by atoms with Crippen LogP contribution in [0.1, 0.15) is 10.6 Å². The van der Waals surface area contributed by atoms with E-state index in [1.54, 1.807) is 0 Å². The Balaban J connectivity index is 2.92. The predicted molar refractivity (Wildman–Crippen MR) is 31.6 cm³/mol. The van der Waals surface area contributed by atoms with Crippen molar-refractivity contribution in [1.82, 2.24) is 4.98 Å². The largest absolute Gasteiger partial charge is 0.391 e. The van der Waals surface area contributed by atoms with Crippen molar-refractivity contribution in [3.8, 4) is 0 Å². The van der Waals surface area contributed by atoms with E-state index < -0.39 is 0 Å². The van der Waals surface area contributed by atoms with E-state index in [0.29, 0.717) is 0 Å². The van der Waals surface area contributed by atoms with Gasteiger partial charge in [-0.15, -0.1) is 11.3 Å². The van der Waals surface area contributed by atoms with Gasteiger partial charge in [-0.1, -0.05) is 0 Å². The van der Waals surface area contributed by atoms with E-state index >= 15 is 0 Å². The van der Waals surface area contributed by atoms with Gasteiger partial charge in [0.05, 0.1) is 17.2 Å². The SMILES string of the molecule is Cc1n[c]sc1CO. The molecule has 43 valence electrons. The Kier molecular flexibility index (Phi) is 1.60. The van der Waals surface area contributed by atoms with Crippen LogP contribution in [0.5, 0.6) is 0 Å². The lowest BCUT2D eigenvalue weighted by atomic mass is 10.4. The quantitative estimate of drug-likeness (QED) is 0.605. The zero-order chi connectivity index (χ0) is 5.98. The zero-order valence-corrected chi connectivity index (χ0v) is 5.33. The molecule has 1 aromatic heterocycles. The molecule has 0 atom stereocenters. The van der Waals surface area contributed by atoms with E-state index in [1.165, 1.54) is 11.3 Å². The predicted octanol–water partition coefficient (Wildman–Crippen LogP) is 0.744. The third-order valence-corrected chi connectivity index (χ3v) is 1.78. The van der Waals surface area contributed by atoms with Crippen molar-refractivity contribution in [3.63, 3.8) is 0 Å². The van der Waals surface area contributed by atoms with Gasteiger partial charge in [-0.2, -0.15) is 0 Å². The van der Waals surface area contributed by atoms with Crippen LogP contribution in [0.2, 0.25) is 0 Å². The van der Waals surface area contributed by atoms with Gasteiger partial charge in [-0.3, -0.25) is 0 Å². The van der Waals surface area contributed by atoms with Gasteiger partial charge in [-0.25, -0.2) is 4.98 Å². The second-order valence-electron chi connectivity index (χ2n) is 1.47. The van der Waals surface area contributed by atoms with E-state index in [-0.39, 0.29) is 6.61 Å². The Morgan fingerprint density at radius 2 is 2.62 bits per heavy atom. The molecule has 0 unspecified atom stereocenters. The molecule has 0 saturated heterocycles. The minimum Gasteiger partial charge on any atom is -0.391 e. The molecule has 8 heavy (non-hydrogen) atoms. The average Bonchev–Trinajstić information content (AvgIpc) is 2.14. The van der Waals surface area contributed by atoms with Gasteiger partial charge >= 0.3 is 0 Å². The van der Waals surface area contributed by atoms with Crippen molar-refractivity contribution in [1.29, 1.82) is 0 Å². The molecule has 0 saturated carbocycles. The fourth-order valence-electron chi connectivity index (χ4n) is 0.429. The number of hydrogen-bond donors (Lipinski definition) is 1. The first-order chi connectivity index (χ1) is 3.84. The van der Waals surface area contributed by atoms with Crippen molar-refractivity contribution in [3.05, 3.63) is 16.1 Å². The van der Waals surface area contributed by atoms with Crippen LogP contribution in [-0.4, -0.2) is 10.1 Å². The first-order valence-electron chi connectivity index (χ1n) is 2.28. The van der Waals surface area contributed by atoms with E-state index in [1.807, 2.05) is 6.92 Å². The third kappa shape index (κ3) is 0.877. The van der Waals surface area contributed by atoms with Gasteiger partial charge < -0.3 is 5.11 Å². The number of nitrogens with zero attached hydrogens (tertiary/aromatic N) is 1. The summed E-state index contributed by atoms with van der Waals surface area (Å²) >= 11 is 1.36. The molecule has 1 rings (SSSR count). The number of aliphatic hydroxyl groups excluding tert-OH is 1. The molecule has 2 nitrogen and oxygen atoms in total. The Morgan fingerprint density at radius 1 is 1.88 bits per heavy atom. The van der Waals surface area contributed by atoms with E-state index in [0.717, 1.165) is 10.6 Å². The number of rotatable bonds is 1. The van der Waals surface area contributed by atoms with E-state index in [9.17, 15) is 0 Å². The lowest BCUT2D eigenvalue weighted by Gasteiger charge is -1.85. The number of aryl methyl sites for hydroxylation is 1. The van der Waals surface area contributed by atoms with Crippen molar-refractivity contribution < 1.29 is 5.11 Å². The molecule has 1 radical (unpaired) electrons. The van der Waals surface area contributed by atoms with Gasteiger partial charge in [-0.05, 0) is 6.92 Å². The summed E-state index contributed by atoms with van der Waals surface area (Å²) in [6.45, 7) is 1.95. The average molecular weight is 128 g/mol. The highest BCUT2D eigenvalue weighted by Gasteiger charge is 1.96. The molecule has 1 heterocycles. The summed E-state index contributed by atoms with van der Waals surface area (Å²) < 4.78 is 0. The highest BCUT2D eigenvalue weighted by molar-refractivity contribution is 7.09. The van der Waals surface area contributed by atoms with Crippen LogP contribution in [0.25, 0.3) is 0 Å². The molecule has 0 spiro atoms. The number of hydrogen-bond acceptors (Lipinski definition) is 3. The molecule has 1 N–H and O–H groups in total. The lowest BCUT2D eigenvalue weighted by molar-refractivity contribution is 0.284. The first-order valence-corrected chi connectivity index (χ1v) is 3.09. The van der Waals surface area contributed by atoms with E-state index in [2.05, 4.69) is 10.5 Å². The molecular formula is C5H6NOS. The van der Waals surface area contributed by atoms with Crippen LogP contribution in [-0.2, 0) is 6.61 Å². The van der Waals surface area contributed by atoms with Gasteiger partial charge in [0.15, 0.2) is 5.51 Å². The van der Waals surface area contributed by atoms with Crippen molar-refractivity contribution in [2.45, 2.75) is 13.5 Å². The topological polar surface area (TPSA) is 33.1 Å². The minimum absolute atomic E-state index is 0.0903. The first kappa shape index (κ1) is 5.72. The van der Waals surface area contributed by atoms with Gasteiger partial charge in [0.25, 0.3) is 0 Å². The van der Waals surface area contributed by atoms with Crippen LogP contribution in [0.3, 0.4) is 0 Å². The fourth-order valence-corrected chi connectivity index (χ4v) is 0.980. The summed E-state index contributed by atoms with van der Waals surface area (Å²) in [6.07, 6.45) is 0. The molecule has 0 aliphatic rings. The van der Waals surface area contributed by atoms with Crippen LogP contribution in [0, 0.1) is 12.4 Å². The van der Waals surface area contributed by atoms with Crippen LogP contribution < -0.4 is 0 Å². The zero-order valence-electron chi connectivity index (χ0n) is 4.51. The molecule has 3 heteroatoms. The maximum absolute atomic E-state index is 8.56. The van der Waals surface area contributed by atoms with Gasteiger partial charge in [0, 0.05) is 0 Å². The summed E-state index contributed by atoms with van der Waals surface area (Å²) in [7, 11) is 0. The fraction of sp³-hybridized carbons (Fsp3) is 0.400. The summed E-state index contributed by atoms with van der Waals surface area (Å²) in [5.74, 6) is 0. The van der Waals surface area contributed by atoms with Crippen molar-refractivity contribution >= 4 is 11.3 Å². The molecule has 0 aliphatic heterocycles. The highest BCUT2D eigenvalue weighted by atomic mass is 32.1. The normalized spacial score (nSPS) is 9.75. The maximum atomic E-state index is 8.56. The van der Waals surface area contributed by atoms with Gasteiger partial charge in [0.1, 0.15) is 0 Å². The number of thiazole rings is 1. The molecule has 0 aliphatic carbocycles. The number of aliphatic hydroxyl groups is 1. The molecule has 1 aromatic rings. The third-order valence-electron chi connectivity index (χ3n) is 0.929. The summed E-state index contributed by atoms with van der Waals surface area (Å²) in [4.78, 5) is 4.73. The minimum atomic E-state index is 0.0903. The van der Waals surface area contributed by atoms with Crippen molar-refractivity contribution in [2.75, 3.05) is 0 Å².